The predicted octanol–water partition coefficient (Wildman–Crippen LogP) is 4.49. The highest BCUT2D eigenvalue weighted by Gasteiger charge is 2.18. The van der Waals surface area contributed by atoms with E-state index in [1.165, 1.54) is 38.3 Å². The summed E-state index contributed by atoms with van der Waals surface area (Å²) in [5, 5.41) is 11.5. The highest BCUT2D eigenvalue weighted by molar-refractivity contribution is 5.78. The van der Waals surface area contributed by atoms with Gasteiger partial charge in [0.15, 0.2) is 11.6 Å². The van der Waals surface area contributed by atoms with Crippen LogP contribution >= 0.6 is 0 Å². The largest absolute Gasteiger partial charge is 0.336 e. The van der Waals surface area contributed by atoms with Gasteiger partial charge in [-0.15, -0.1) is 5.10 Å². The van der Waals surface area contributed by atoms with Crippen molar-refractivity contribution >= 4 is 17.0 Å². The lowest BCUT2D eigenvalue weighted by atomic mass is 9.95. The summed E-state index contributed by atoms with van der Waals surface area (Å²) in [7, 11) is 0. The van der Waals surface area contributed by atoms with Crippen LogP contribution < -0.4 is 10.6 Å². The Morgan fingerprint density at radius 3 is 2.77 bits per heavy atom. The van der Waals surface area contributed by atoms with E-state index in [4.69, 9.17) is 4.98 Å². The topological polar surface area (TPSA) is 80.0 Å². The molecule has 0 spiro atoms. The Balaban J connectivity index is 1.54. The molecule has 1 fully saturated rings. The van der Waals surface area contributed by atoms with Gasteiger partial charge < -0.3 is 10.6 Å². The predicted molar refractivity (Wildman–Crippen MR) is 117 cm³/mol. The van der Waals surface area contributed by atoms with E-state index in [1.54, 1.807) is 23.0 Å². The lowest BCUT2D eigenvalue weighted by Crippen LogP contribution is -2.30. The van der Waals surface area contributed by atoms with Crippen molar-refractivity contribution in [2.75, 3.05) is 5.32 Å². The molecule has 0 saturated heterocycles. The van der Waals surface area contributed by atoms with Gasteiger partial charge in [0.25, 0.3) is 0 Å². The molecule has 2 N–H and O–H groups in total. The van der Waals surface area contributed by atoms with Crippen LogP contribution in [0.4, 0.5) is 15.9 Å². The quantitative estimate of drug-likeness (QED) is 0.481. The maximum atomic E-state index is 14.3. The van der Waals surface area contributed by atoms with E-state index >= 15 is 0 Å². The third kappa shape index (κ3) is 4.25. The third-order valence-electron chi connectivity index (χ3n) is 5.70. The maximum absolute atomic E-state index is 14.3. The smallest absolute Gasteiger partial charge is 0.200 e. The normalized spacial score (nSPS) is 14.7. The Hall–Kier alpha value is -3.39. The zero-order chi connectivity index (χ0) is 21.0. The average Bonchev–Trinajstić information content (AvgIpc) is 3.24. The molecule has 0 aromatic carbocycles. The minimum atomic E-state index is -0.438. The Kier molecular flexibility index (Phi) is 5.54. The Labute approximate surface area is 179 Å². The fourth-order valence-electron chi connectivity index (χ4n) is 4.09. The van der Waals surface area contributed by atoms with Crippen LogP contribution in [0.15, 0.2) is 55.1 Å². The van der Waals surface area contributed by atoms with Gasteiger partial charge in [0.1, 0.15) is 11.2 Å². The number of hydrogen-bond donors (Lipinski definition) is 2. The molecule has 31 heavy (non-hydrogen) atoms. The van der Waals surface area contributed by atoms with Gasteiger partial charge in [0.2, 0.25) is 5.82 Å². The van der Waals surface area contributed by atoms with E-state index in [9.17, 15) is 4.39 Å². The van der Waals surface area contributed by atoms with Crippen molar-refractivity contribution in [2.45, 2.75) is 44.7 Å². The van der Waals surface area contributed by atoms with Crippen molar-refractivity contribution in [2.24, 2.45) is 0 Å². The van der Waals surface area contributed by atoms with Crippen LogP contribution in [0.5, 0.6) is 0 Å². The van der Waals surface area contributed by atoms with E-state index < -0.39 is 5.82 Å². The molecule has 5 rings (SSSR count). The summed E-state index contributed by atoms with van der Waals surface area (Å²) in [6, 6.07) is 9.76. The highest BCUT2D eigenvalue weighted by atomic mass is 19.1. The number of nitrogens with one attached hydrogen (secondary N) is 2. The molecular weight excluding hydrogens is 393 g/mol. The Morgan fingerprint density at radius 1 is 1.06 bits per heavy atom. The van der Waals surface area contributed by atoms with Crippen LogP contribution in [0, 0.1) is 5.82 Å². The molecule has 0 amide bonds. The molecular formula is C23H24FN7. The molecule has 1 aliphatic carbocycles. The standard InChI is InChI=1S/C23H24FN7/c24-18-15-25-12-9-19(18)28-23-21-16(14-27-17-6-2-1-3-7-17)10-13-31(21)30-22(29-23)20-8-4-5-11-26-20/h4-5,8-13,15,17,27H,1-3,6-7,14H2,(H,25,28,29,30). The number of hydrogen-bond acceptors (Lipinski definition) is 6. The third-order valence-corrected chi connectivity index (χ3v) is 5.70. The van der Waals surface area contributed by atoms with Crippen molar-refractivity contribution in [3.63, 3.8) is 0 Å². The van der Waals surface area contributed by atoms with E-state index in [1.807, 2.05) is 30.5 Å². The van der Waals surface area contributed by atoms with Gasteiger partial charge in [-0.25, -0.2) is 13.9 Å². The summed E-state index contributed by atoms with van der Waals surface area (Å²) in [6.07, 6.45) is 12.6. The van der Waals surface area contributed by atoms with Crippen molar-refractivity contribution in [1.29, 1.82) is 0 Å². The molecule has 7 nitrogen and oxygen atoms in total. The van der Waals surface area contributed by atoms with E-state index in [-0.39, 0.29) is 0 Å². The zero-order valence-corrected chi connectivity index (χ0v) is 17.1. The zero-order valence-electron chi connectivity index (χ0n) is 17.1. The van der Waals surface area contributed by atoms with E-state index in [2.05, 4.69) is 25.7 Å². The van der Waals surface area contributed by atoms with Crippen LogP contribution in [0.2, 0.25) is 0 Å². The first-order valence-electron chi connectivity index (χ1n) is 10.7. The second-order valence-corrected chi connectivity index (χ2v) is 7.83. The molecule has 8 heteroatoms. The average molecular weight is 417 g/mol. The van der Waals surface area contributed by atoms with Crippen molar-refractivity contribution in [3.05, 3.63) is 66.5 Å². The number of nitrogens with zero attached hydrogens (tertiary/aromatic N) is 5. The van der Waals surface area contributed by atoms with Crippen LogP contribution in [0.1, 0.15) is 37.7 Å². The first-order chi connectivity index (χ1) is 15.3. The Bertz CT molecular complexity index is 1170. The number of rotatable bonds is 6. The molecule has 0 bridgehead atoms. The first kappa shape index (κ1) is 19.6. The molecule has 0 radical (unpaired) electrons. The minimum Gasteiger partial charge on any atom is -0.336 e. The van der Waals surface area contributed by atoms with E-state index in [0.717, 1.165) is 11.1 Å². The summed E-state index contributed by atoms with van der Waals surface area (Å²) < 4.78 is 16.1. The van der Waals surface area contributed by atoms with Gasteiger partial charge in [-0.05, 0) is 42.7 Å². The van der Waals surface area contributed by atoms with Gasteiger partial charge in [-0.2, -0.15) is 0 Å². The SMILES string of the molecule is Fc1cnccc1Nc1nc(-c2ccccn2)nn2ccc(CNC3CCCCC3)c12. The molecule has 0 unspecified atom stereocenters. The fourth-order valence-corrected chi connectivity index (χ4v) is 4.09. The summed E-state index contributed by atoms with van der Waals surface area (Å²) in [5.41, 5.74) is 2.85. The summed E-state index contributed by atoms with van der Waals surface area (Å²) >= 11 is 0. The van der Waals surface area contributed by atoms with Crippen molar-refractivity contribution < 1.29 is 4.39 Å². The second-order valence-electron chi connectivity index (χ2n) is 7.83. The number of anilines is 2. The van der Waals surface area contributed by atoms with Gasteiger partial charge in [0, 0.05) is 31.2 Å². The lowest BCUT2D eigenvalue weighted by molar-refractivity contribution is 0.373. The van der Waals surface area contributed by atoms with Gasteiger partial charge in [-0.1, -0.05) is 25.3 Å². The van der Waals surface area contributed by atoms with Crippen LogP contribution in [-0.4, -0.2) is 30.6 Å². The molecule has 1 aliphatic rings. The Morgan fingerprint density at radius 2 is 1.97 bits per heavy atom. The van der Waals surface area contributed by atoms with Gasteiger partial charge in [-0.3, -0.25) is 9.97 Å². The monoisotopic (exact) mass is 417 g/mol. The molecule has 1 saturated carbocycles. The molecule has 4 aromatic rings. The second kappa shape index (κ2) is 8.77. The van der Waals surface area contributed by atoms with Crippen molar-refractivity contribution in [3.8, 4) is 11.5 Å². The molecule has 4 heterocycles. The molecule has 0 atom stereocenters. The summed E-state index contributed by atoms with van der Waals surface area (Å²) in [5.74, 6) is 0.561. The number of halogens is 1. The number of aromatic nitrogens is 5. The maximum Gasteiger partial charge on any atom is 0.200 e. The van der Waals surface area contributed by atoms with Crippen LogP contribution in [0.3, 0.4) is 0 Å². The lowest BCUT2D eigenvalue weighted by Gasteiger charge is -2.22. The van der Waals surface area contributed by atoms with Crippen LogP contribution in [0.25, 0.3) is 17.0 Å². The highest BCUT2D eigenvalue weighted by Crippen LogP contribution is 2.27. The molecule has 4 aromatic heterocycles. The number of pyridine rings is 2. The number of fused-ring (bicyclic) bond motifs is 1. The van der Waals surface area contributed by atoms with Gasteiger partial charge in [0.05, 0.1) is 11.9 Å². The molecule has 158 valence electrons. The van der Waals surface area contributed by atoms with E-state index in [0.29, 0.717) is 35.6 Å². The van der Waals surface area contributed by atoms with Crippen molar-refractivity contribution in [1.82, 2.24) is 29.9 Å². The molecule has 0 aliphatic heterocycles. The minimum absolute atomic E-state index is 0.315. The fraction of sp³-hybridized carbons (Fsp3) is 0.304. The van der Waals surface area contributed by atoms with Gasteiger partial charge >= 0.3 is 0 Å². The summed E-state index contributed by atoms with van der Waals surface area (Å²) in [6.45, 7) is 0.709. The van der Waals surface area contributed by atoms with Crippen LogP contribution in [-0.2, 0) is 6.54 Å². The first-order valence-corrected chi connectivity index (χ1v) is 10.7. The summed E-state index contributed by atoms with van der Waals surface area (Å²) in [4.78, 5) is 12.9.